The van der Waals surface area contributed by atoms with Crippen molar-refractivity contribution in [1.29, 1.82) is 5.41 Å². The predicted molar refractivity (Wildman–Crippen MR) is 103 cm³/mol. The number of hydrogen-bond acceptors (Lipinski definition) is 2. The quantitative estimate of drug-likeness (QED) is 0.450. The van der Waals surface area contributed by atoms with E-state index in [0.29, 0.717) is 17.8 Å². The molecule has 25 heavy (non-hydrogen) atoms. The summed E-state index contributed by atoms with van der Waals surface area (Å²) in [7, 11) is 0. The highest BCUT2D eigenvalue weighted by Crippen LogP contribution is 2.39. The molecule has 2 aliphatic rings. The second-order valence-corrected chi connectivity index (χ2v) is 7.49. The van der Waals surface area contributed by atoms with Gasteiger partial charge >= 0.3 is 0 Å². The van der Waals surface area contributed by atoms with Crippen LogP contribution >= 0.6 is 0 Å². The van der Waals surface area contributed by atoms with Crippen LogP contribution in [-0.2, 0) is 11.2 Å². The molecule has 0 heterocycles. The van der Waals surface area contributed by atoms with Crippen molar-refractivity contribution >= 4 is 17.8 Å². The summed E-state index contributed by atoms with van der Waals surface area (Å²) < 4.78 is 0. The average molecular weight is 336 g/mol. The lowest BCUT2D eigenvalue weighted by atomic mass is 9.79. The fourth-order valence-corrected chi connectivity index (χ4v) is 3.95. The molecular formula is C22H28N2O. The van der Waals surface area contributed by atoms with Crippen LogP contribution in [0.25, 0.3) is 0 Å². The Kier molecular flexibility index (Phi) is 5.95. The second-order valence-electron chi connectivity index (χ2n) is 7.49. The molecule has 3 nitrogen and oxygen atoms in total. The monoisotopic (exact) mass is 336 g/mol. The molecule has 3 heteroatoms. The largest absolute Gasteiger partial charge is 0.290 e. The van der Waals surface area contributed by atoms with Gasteiger partial charge in [0.1, 0.15) is 0 Å². The van der Waals surface area contributed by atoms with Crippen LogP contribution in [0.4, 0.5) is 0 Å². The third-order valence-electron chi connectivity index (χ3n) is 5.50. The van der Waals surface area contributed by atoms with Gasteiger partial charge in [-0.25, -0.2) is 4.99 Å². The van der Waals surface area contributed by atoms with Crippen LogP contribution in [0.2, 0.25) is 0 Å². The molecule has 1 aromatic rings. The highest BCUT2D eigenvalue weighted by atomic mass is 16.1. The van der Waals surface area contributed by atoms with Crippen LogP contribution in [-0.4, -0.2) is 17.8 Å². The number of allylic oxidation sites excluding steroid dienone is 2. The molecule has 2 fully saturated rings. The van der Waals surface area contributed by atoms with Gasteiger partial charge in [0.15, 0.2) is 5.84 Å². The van der Waals surface area contributed by atoms with Crippen molar-refractivity contribution in [2.24, 2.45) is 28.7 Å². The first kappa shape index (κ1) is 17.8. The Labute approximate surface area is 150 Å². The van der Waals surface area contributed by atoms with Crippen LogP contribution in [0.5, 0.6) is 0 Å². The van der Waals surface area contributed by atoms with Gasteiger partial charge in [-0.05, 0) is 62.3 Å². The number of benzene rings is 1. The summed E-state index contributed by atoms with van der Waals surface area (Å²) in [6.45, 7) is 2.03. The lowest BCUT2D eigenvalue weighted by Gasteiger charge is -2.25. The number of carbonyl (C=O) groups excluding carboxylic acids is 1. The highest BCUT2D eigenvalue weighted by Gasteiger charge is 2.36. The summed E-state index contributed by atoms with van der Waals surface area (Å²) in [6, 6.07) is 10.5. The maximum Gasteiger partial charge on any atom is 0.202 e. The van der Waals surface area contributed by atoms with E-state index in [1.807, 2.05) is 19.2 Å². The minimum atomic E-state index is -0.0642. The van der Waals surface area contributed by atoms with Gasteiger partial charge in [0, 0.05) is 12.1 Å². The summed E-state index contributed by atoms with van der Waals surface area (Å²) in [5.41, 5.74) is 1.35. The highest BCUT2D eigenvalue weighted by molar-refractivity contribution is 6.39. The van der Waals surface area contributed by atoms with Crippen molar-refractivity contribution in [3.8, 4) is 0 Å². The predicted octanol–water partition coefficient (Wildman–Crippen LogP) is 4.86. The van der Waals surface area contributed by atoms with Crippen molar-refractivity contribution in [3.05, 3.63) is 48.0 Å². The molecule has 1 N–H and O–H groups in total. The van der Waals surface area contributed by atoms with Gasteiger partial charge in [0.25, 0.3) is 0 Å². The SMILES string of the molecule is C/C=C/C1CCCC(C(=O)C(=N)/N=C/C2CC2Cc2ccccc2)C1. The van der Waals surface area contributed by atoms with E-state index < -0.39 is 0 Å². The fourth-order valence-electron chi connectivity index (χ4n) is 3.95. The smallest absolute Gasteiger partial charge is 0.202 e. The Hall–Kier alpha value is -2.03. The Morgan fingerprint density at radius 1 is 1.24 bits per heavy atom. The average Bonchev–Trinajstić information content (AvgIpc) is 3.38. The molecular weight excluding hydrogens is 308 g/mol. The standard InChI is InChI=1S/C22H28N2O/c1-2-7-16-10-6-11-18(12-16)21(25)22(23)24-15-20-14-19(20)13-17-8-4-3-5-9-17/h2-5,7-9,15-16,18-20,23H,6,10-14H2,1H3/b7-2+,23-22?,24-15+. The third-order valence-corrected chi connectivity index (χ3v) is 5.50. The molecule has 2 saturated carbocycles. The normalized spacial score (nSPS) is 29.2. The van der Waals surface area contributed by atoms with E-state index in [0.717, 1.165) is 38.5 Å². The van der Waals surface area contributed by atoms with Crippen LogP contribution in [0.15, 0.2) is 47.5 Å². The maximum atomic E-state index is 12.5. The number of ketones is 1. The molecule has 4 atom stereocenters. The molecule has 132 valence electrons. The summed E-state index contributed by atoms with van der Waals surface area (Å²) in [6.07, 6.45) is 12.3. The van der Waals surface area contributed by atoms with Gasteiger partial charge in [-0.3, -0.25) is 10.2 Å². The number of hydrogen-bond donors (Lipinski definition) is 1. The molecule has 0 spiro atoms. The van der Waals surface area contributed by atoms with E-state index in [2.05, 4.69) is 41.4 Å². The van der Waals surface area contributed by atoms with E-state index >= 15 is 0 Å². The van der Waals surface area contributed by atoms with Crippen LogP contribution < -0.4 is 0 Å². The van der Waals surface area contributed by atoms with Gasteiger partial charge in [-0.1, -0.05) is 48.9 Å². The summed E-state index contributed by atoms with van der Waals surface area (Å²) >= 11 is 0. The Balaban J connectivity index is 1.47. The van der Waals surface area contributed by atoms with Crippen molar-refractivity contribution in [2.45, 2.75) is 45.4 Å². The zero-order chi connectivity index (χ0) is 17.6. The van der Waals surface area contributed by atoms with Gasteiger partial charge in [0.2, 0.25) is 5.78 Å². The topological polar surface area (TPSA) is 53.3 Å². The number of nitrogens with zero attached hydrogens (tertiary/aromatic N) is 1. The van der Waals surface area contributed by atoms with Gasteiger partial charge in [-0.15, -0.1) is 0 Å². The first-order valence-corrected chi connectivity index (χ1v) is 9.51. The van der Waals surface area contributed by atoms with E-state index in [-0.39, 0.29) is 17.5 Å². The first-order valence-electron chi connectivity index (χ1n) is 9.51. The lowest BCUT2D eigenvalue weighted by Crippen LogP contribution is -2.27. The Bertz CT molecular complexity index is 662. The van der Waals surface area contributed by atoms with E-state index in [9.17, 15) is 4.79 Å². The van der Waals surface area contributed by atoms with Gasteiger partial charge < -0.3 is 0 Å². The maximum absolute atomic E-state index is 12.5. The Morgan fingerprint density at radius 3 is 2.80 bits per heavy atom. The molecule has 0 bridgehead atoms. The number of carbonyl (C=O) groups is 1. The number of amidine groups is 1. The van der Waals surface area contributed by atoms with Gasteiger partial charge in [0.05, 0.1) is 0 Å². The second kappa shape index (κ2) is 8.37. The molecule has 1 aromatic carbocycles. The molecule has 0 saturated heterocycles. The minimum Gasteiger partial charge on any atom is -0.290 e. The molecule has 0 aromatic heterocycles. The molecule has 2 aliphatic carbocycles. The van der Waals surface area contributed by atoms with Crippen LogP contribution in [0, 0.1) is 29.1 Å². The number of Topliss-reactive ketones (excluding diaryl/α,β-unsaturated/α-hetero) is 1. The van der Waals surface area contributed by atoms with Crippen molar-refractivity contribution < 1.29 is 4.79 Å². The van der Waals surface area contributed by atoms with Crippen molar-refractivity contribution in [1.82, 2.24) is 0 Å². The van der Waals surface area contributed by atoms with Crippen LogP contribution in [0.1, 0.15) is 44.6 Å². The van der Waals surface area contributed by atoms with E-state index in [1.54, 1.807) is 0 Å². The van der Waals surface area contributed by atoms with Gasteiger partial charge in [-0.2, -0.15) is 0 Å². The summed E-state index contributed by atoms with van der Waals surface area (Å²) in [5.74, 6) is 1.41. The zero-order valence-electron chi connectivity index (χ0n) is 15.0. The zero-order valence-corrected chi connectivity index (χ0v) is 15.0. The van der Waals surface area contributed by atoms with Crippen molar-refractivity contribution in [3.63, 3.8) is 0 Å². The van der Waals surface area contributed by atoms with Crippen molar-refractivity contribution in [2.75, 3.05) is 0 Å². The number of rotatable bonds is 6. The van der Waals surface area contributed by atoms with Crippen LogP contribution in [0.3, 0.4) is 0 Å². The molecule has 4 unspecified atom stereocenters. The van der Waals surface area contributed by atoms with E-state index in [1.165, 1.54) is 5.56 Å². The summed E-state index contributed by atoms with van der Waals surface area (Å²) in [5, 5.41) is 8.04. The molecule has 0 aliphatic heterocycles. The molecule has 0 amide bonds. The molecule has 0 radical (unpaired) electrons. The number of aliphatic imine (C=N–C) groups is 1. The minimum absolute atomic E-state index is 0.0149. The van der Waals surface area contributed by atoms with E-state index in [4.69, 9.17) is 5.41 Å². The fraction of sp³-hybridized carbons (Fsp3) is 0.500. The molecule has 3 rings (SSSR count). The third kappa shape index (κ3) is 4.97. The lowest BCUT2D eigenvalue weighted by molar-refractivity contribution is -0.117. The number of nitrogens with one attached hydrogen (secondary N) is 1. The summed E-state index contributed by atoms with van der Waals surface area (Å²) in [4.78, 5) is 16.7. The first-order chi connectivity index (χ1) is 12.2. The Morgan fingerprint density at radius 2 is 2.04 bits per heavy atom.